The Hall–Kier alpha value is -1.48. The van der Waals surface area contributed by atoms with Crippen molar-refractivity contribution in [1.82, 2.24) is 9.62 Å². The van der Waals surface area contributed by atoms with Gasteiger partial charge in [0.2, 0.25) is 10.0 Å². The number of benzene rings is 1. The van der Waals surface area contributed by atoms with Gasteiger partial charge in [0, 0.05) is 24.7 Å². The van der Waals surface area contributed by atoms with E-state index in [1.807, 2.05) is 0 Å². The second-order valence-corrected chi connectivity index (χ2v) is 8.65. The molecule has 3 rings (SSSR count). The maximum Gasteiger partial charge on any atom is 0.254 e. The minimum atomic E-state index is -3.62. The standard InChI is InChI=1S/C18H27N3O4S/c19-13-15-3-1-2-4-17(15)20-26(23,24)16-7-5-14(6-8-16)18(22)21-9-11-25-12-10-21/h5-8,15,17,20H,1-4,9-13,19H2. The number of sulfonamides is 1. The summed E-state index contributed by atoms with van der Waals surface area (Å²) in [7, 11) is -3.62. The molecule has 7 nitrogen and oxygen atoms in total. The highest BCUT2D eigenvalue weighted by atomic mass is 32.2. The van der Waals surface area contributed by atoms with Crippen molar-refractivity contribution in [2.24, 2.45) is 11.7 Å². The van der Waals surface area contributed by atoms with Gasteiger partial charge in [-0.25, -0.2) is 13.1 Å². The van der Waals surface area contributed by atoms with Gasteiger partial charge in [-0.1, -0.05) is 12.8 Å². The average molecular weight is 381 g/mol. The molecule has 1 aliphatic heterocycles. The van der Waals surface area contributed by atoms with Crippen LogP contribution in [0, 0.1) is 5.92 Å². The number of morpholine rings is 1. The third-order valence-corrected chi connectivity index (χ3v) is 6.73. The summed E-state index contributed by atoms with van der Waals surface area (Å²) >= 11 is 0. The summed E-state index contributed by atoms with van der Waals surface area (Å²) in [6, 6.07) is 6.03. The lowest BCUT2D eigenvalue weighted by Gasteiger charge is -2.31. The van der Waals surface area contributed by atoms with Crippen molar-refractivity contribution in [2.45, 2.75) is 36.6 Å². The number of rotatable bonds is 5. The van der Waals surface area contributed by atoms with E-state index >= 15 is 0 Å². The van der Waals surface area contributed by atoms with Gasteiger partial charge >= 0.3 is 0 Å². The molecule has 2 aliphatic rings. The van der Waals surface area contributed by atoms with Crippen molar-refractivity contribution < 1.29 is 17.9 Å². The molecule has 0 spiro atoms. The molecule has 1 aromatic carbocycles. The molecule has 0 aromatic heterocycles. The van der Waals surface area contributed by atoms with E-state index in [0.29, 0.717) is 38.4 Å². The van der Waals surface area contributed by atoms with Crippen molar-refractivity contribution in [3.8, 4) is 0 Å². The summed E-state index contributed by atoms with van der Waals surface area (Å²) in [5.41, 5.74) is 6.28. The van der Waals surface area contributed by atoms with Crippen LogP contribution in [-0.4, -0.2) is 58.1 Å². The Kier molecular flexibility index (Phi) is 6.29. The van der Waals surface area contributed by atoms with Crippen LogP contribution in [-0.2, 0) is 14.8 Å². The van der Waals surface area contributed by atoms with E-state index in [0.717, 1.165) is 25.7 Å². The van der Waals surface area contributed by atoms with E-state index in [1.165, 1.54) is 12.1 Å². The van der Waals surface area contributed by atoms with Crippen LogP contribution in [0.2, 0.25) is 0 Å². The largest absolute Gasteiger partial charge is 0.378 e. The monoisotopic (exact) mass is 381 g/mol. The zero-order valence-electron chi connectivity index (χ0n) is 14.9. The van der Waals surface area contributed by atoms with Gasteiger partial charge in [-0.15, -0.1) is 0 Å². The topological polar surface area (TPSA) is 102 Å². The van der Waals surface area contributed by atoms with Gasteiger partial charge in [0.05, 0.1) is 18.1 Å². The fourth-order valence-electron chi connectivity index (χ4n) is 3.64. The van der Waals surface area contributed by atoms with Crippen LogP contribution in [0.15, 0.2) is 29.2 Å². The lowest BCUT2D eigenvalue weighted by molar-refractivity contribution is 0.0303. The van der Waals surface area contributed by atoms with Crippen LogP contribution < -0.4 is 10.5 Å². The van der Waals surface area contributed by atoms with Crippen LogP contribution in [0.1, 0.15) is 36.0 Å². The Morgan fingerprint density at radius 1 is 1.15 bits per heavy atom. The molecule has 26 heavy (non-hydrogen) atoms. The first-order chi connectivity index (χ1) is 12.5. The van der Waals surface area contributed by atoms with E-state index in [2.05, 4.69) is 4.72 Å². The lowest BCUT2D eigenvalue weighted by atomic mass is 9.85. The van der Waals surface area contributed by atoms with Gasteiger partial charge in [0.15, 0.2) is 0 Å². The summed E-state index contributed by atoms with van der Waals surface area (Å²) in [5.74, 6) is 0.0846. The second-order valence-electron chi connectivity index (χ2n) is 6.94. The summed E-state index contributed by atoms with van der Waals surface area (Å²) in [6.45, 7) is 2.67. The van der Waals surface area contributed by atoms with E-state index in [-0.39, 0.29) is 22.8 Å². The number of carbonyl (C=O) groups excluding carboxylic acids is 1. The van der Waals surface area contributed by atoms with Crippen molar-refractivity contribution in [3.05, 3.63) is 29.8 Å². The molecule has 1 saturated heterocycles. The molecule has 3 N–H and O–H groups in total. The molecule has 144 valence electrons. The maximum absolute atomic E-state index is 12.7. The van der Waals surface area contributed by atoms with E-state index in [1.54, 1.807) is 17.0 Å². The first-order valence-electron chi connectivity index (χ1n) is 9.21. The van der Waals surface area contributed by atoms with Gasteiger partial charge in [-0.3, -0.25) is 4.79 Å². The third kappa shape index (κ3) is 4.43. The molecule has 2 fully saturated rings. The molecule has 2 atom stereocenters. The normalized spacial score (nSPS) is 24.4. The van der Waals surface area contributed by atoms with E-state index in [4.69, 9.17) is 10.5 Å². The van der Waals surface area contributed by atoms with Gasteiger partial charge in [-0.05, 0) is 49.6 Å². The zero-order chi connectivity index (χ0) is 18.6. The fourth-order valence-corrected chi connectivity index (χ4v) is 4.98. The van der Waals surface area contributed by atoms with Crippen LogP contribution in [0.3, 0.4) is 0 Å². The molecule has 1 saturated carbocycles. The maximum atomic E-state index is 12.7. The minimum Gasteiger partial charge on any atom is -0.378 e. The van der Waals surface area contributed by atoms with Crippen molar-refractivity contribution in [2.75, 3.05) is 32.8 Å². The predicted octanol–water partition coefficient (Wildman–Crippen LogP) is 0.955. The number of nitrogens with one attached hydrogen (secondary N) is 1. The summed E-state index contributed by atoms with van der Waals surface area (Å²) in [5, 5.41) is 0. The van der Waals surface area contributed by atoms with E-state index < -0.39 is 10.0 Å². The highest BCUT2D eigenvalue weighted by Crippen LogP contribution is 2.25. The van der Waals surface area contributed by atoms with Crippen molar-refractivity contribution >= 4 is 15.9 Å². The Bertz CT molecular complexity index is 714. The molecule has 2 unspecified atom stereocenters. The summed E-state index contributed by atoms with van der Waals surface area (Å²) in [4.78, 5) is 14.4. The van der Waals surface area contributed by atoms with Gasteiger partial charge < -0.3 is 15.4 Å². The molecule has 0 bridgehead atoms. The average Bonchev–Trinajstić information content (AvgIpc) is 2.68. The van der Waals surface area contributed by atoms with Gasteiger partial charge in [0.25, 0.3) is 5.91 Å². The molecular weight excluding hydrogens is 354 g/mol. The van der Waals surface area contributed by atoms with E-state index in [9.17, 15) is 13.2 Å². The number of hydrogen-bond donors (Lipinski definition) is 2. The van der Waals surface area contributed by atoms with Crippen molar-refractivity contribution in [3.63, 3.8) is 0 Å². The number of nitrogens with two attached hydrogens (primary N) is 1. The molecule has 8 heteroatoms. The first kappa shape index (κ1) is 19.3. The number of nitrogens with zero attached hydrogens (tertiary/aromatic N) is 1. The highest BCUT2D eigenvalue weighted by Gasteiger charge is 2.29. The Morgan fingerprint density at radius 3 is 2.46 bits per heavy atom. The Morgan fingerprint density at radius 2 is 1.81 bits per heavy atom. The van der Waals surface area contributed by atoms with Gasteiger partial charge in [-0.2, -0.15) is 0 Å². The molecule has 1 heterocycles. The SMILES string of the molecule is NCC1CCCCC1NS(=O)(=O)c1ccc(C(=O)N2CCOCC2)cc1. The third-order valence-electron chi connectivity index (χ3n) is 5.23. The molecule has 1 aliphatic carbocycles. The molecule has 1 amide bonds. The quantitative estimate of drug-likeness (QED) is 0.791. The zero-order valence-corrected chi connectivity index (χ0v) is 15.7. The Labute approximate surface area is 154 Å². The number of amides is 1. The predicted molar refractivity (Wildman–Crippen MR) is 98.3 cm³/mol. The molecule has 1 aromatic rings. The number of ether oxygens (including phenoxy) is 1. The van der Waals surface area contributed by atoms with Gasteiger partial charge in [0.1, 0.15) is 0 Å². The minimum absolute atomic E-state index is 0.0966. The molecular formula is C18H27N3O4S. The first-order valence-corrected chi connectivity index (χ1v) is 10.7. The lowest BCUT2D eigenvalue weighted by Crippen LogP contribution is -2.44. The molecule has 0 radical (unpaired) electrons. The highest BCUT2D eigenvalue weighted by molar-refractivity contribution is 7.89. The van der Waals surface area contributed by atoms with Crippen LogP contribution in [0.4, 0.5) is 0 Å². The summed E-state index contributed by atoms with van der Waals surface area (Å²) < 4.78 is 33.4. The van der Waals surface area contributed by atoms with Crippen LogP contribution in [0.25, 0.3) is 0 Å². The smallest absolute Gasteiger partial charge is 0.254 e. The summed E-state index contributed by atoms with van der Waals surface area (Å²) in [6.07, 6.45) is 3.88. The number of hydrogen-bond acceptors (Lipinski definition) is 5. The number of carbonyl (C=O) groups is 1. The van der Waals surface area contributed by atoms with Crippen LogP contribution in [0.5, 0.6) is 0 Å². The van der Waals surface area contributed by atoms with Crippen molar-refractivity contribution in [1.29, 1.82) is 0 Å². The van der Waals surface area contributed by atoms with Crippen LogP contribution >= 0.6 is 0 Å². The fraction of sp³-hybridized carbons (Fsp3) is 0.611. The Balaban J connectivity index is 1.69. The second kappa shape index (κ2) is 8.47.